The molecule has 0 spiro atoms. The molecule has 1 N–H and O–H groups in total. The second kappa shape index (κ2) is 7.20. The summed E-state index contributed by atoms with van der Waals surface area (Å²) < 4.78 is 8.27. The minimum atomic E-state index is -0.551. The van der Waals surface area contributed by atoms with E-state index in [0.29, 0.717) is 17.3 Å². The van der Waals surface area contributed by atoms with Crippen molar-refractivity contribution in [2.24, 2.45) is 0 Å². The summed E-state index contributed by atoms with van der Waals surface area (Å²) in [6.07, 6.45) is 3.70. The molecule has 1 saturated carbocycles. The fourth-order valence-corrected chi connectivity index (χ4v) is 4.62. The highest BCUT2D eigenvalue weighted by Gasteiger charge is 2.41. The van der Waals surface area contributed by atoms with E-state index in [1.54, 1.807) is 6.92 Å². The van der Waals surface area contributed by atoms with Crippen molar-refractivity contribution in [1.82, 2.24) is 20.0 Å². The standard InChI is InChI=1S/C21H23BrN4O2/c1-13-12-16(14(2)26(13)18-9-5-4-8-17(18)22)19(27)24-21(10-6-7-11-21)20-23-15(3)28-25-20/h4-5,8-9,12H,6-7,10-11H2,1-3H3,(H,24,27). The molecule has 0 bridgehead atoms. The van der Waals surface area contributed by atoms with E-state index in [9.17, 15) is 4.79 Å². The van der Waals surface area contributed by atoms with E-state index in [0.717, 1.165) is 47.2 Å². The van der Waals surface area contributed by atoms with Gasteiger partial charge in [-0.05, 0) is 60.8 Å². The van der Waals surface area contributed by atoms with Gasteiger partial charge in [-0.15, -0.1) is 0 Å². The Morgan fingerprint density at radius 1 is 1.21 bits per heavy atom. The zero-order valence-electron chi connectivity index (χ0n) is 16.3. The topological polar surface area (TPSA) is 73.0 Å². The molecule has 1 aliphatic carbocycles. The van der Waals surface area contributed by atoms with E-state index in [-0.39, 0.29) is 5.91 Å². The summed E-state index contributed by atoms with van der Waals surface area (Å²) in [5.74, 6) is 0.994. The third kappa shape index (κ3) is 3.17. The van der Waals surface area contributed by atoms with Crippen molar-refractivity contribution in [2.75, 3.05) is 0 Å². The van der Waals surface area contributed by atoms with Crippen LogP contribution in [0.3, 0.4) is 0 Å². The van der Waals surface area contributed by atoms with Gasteiger partial charge in [0.2, 0.25) is 5.89 Å². The number of carbonyl (C=O) groups is 1. The first-order chi connectivity index (χ1) is 13.4. The Labute approximate surface area is 172 Å². The molecule has 28 heavy (non-hydrogen) atoms. The van der Waals surface area contributed by atoms with E-state index in [1.165, 1.54) is 0 Å². The fourth-order valence-electron chi connectivity index (χ4n) is 4.16. The van der Waals surface area contributed by atoms with Gasteiger partial charge in [-0.25, -0.2) is 0 Å². The zero-order valence-corrected chi connectivity index (χ0v) is 17.8. The molecule has 1 aliphatic rings. The zero-order chi connectivity index (χ0) is 19.9. The lowest BCUT2D eigenvalue weighted by Crippen LogP contribution is -2.44. The van der Waals surface area contributed by atoms with Crippen LogP contribution in [0.2, 0.25) is 0 Å². The summed E-state index contributed by atoms with van der Waals surface area (Å²) in [5, 5.41) is 7.35. The van der Waals surface area contributed by atoms with E-state index < -0.39 is 5.54 Å². The van der Waals surface area contributed by atoms with Gasteiger partial charge in [-0.3, -0.25) is 4.79 Å². The van der Waals surface area contributed by atoms with E-state index in [2.05, 4.69) is 36.0 Å². The molecule has 1 amide bonds. The highest BCUT2D eigenvalue weighted by Crippen LogP contribution is 2.38. The predicted molar refractivity (Wildman–Crippen MR) is 110 cm³/mol. The third-order valence-electron chi connectivity index (χ3n) is 5.53. The number of aromatic nitrogens is 3. The Hall–Kier alpha value is -2.41. The molecule has 0 atom stereocenters. The number of carbonyl (C=O) groups excluding carboxylic acids is 1. The maximum Gasteiger partial charge on any atom is 0.253 e. The van der Waals surface area contributed by atoms with Gasteiger partial charge in [0.25, 0.3) is 5.91 Å². The monoisotopic (exact) mass is 442 g/mol. The summed E-state index contributed by atoms with van der Waals surface area (Å²) in [4.78, 5) is 17.7. The summed E-state index contributed by atoms with van der Waals surface area (Å²) in [6.45, 7) is 5.75. The van der Waals surface area contributed by atoms with Crippen molar-refractivity contribution in [3.05, 3.63) is 63.5 Å². The molecule has 2 heterocycles. The van der Waals surface area contributed by atoms with Gasteiger partial charge in [0, 0.05) is 22.8 Å². The average molecular weight is 443 g/mol. The second-order valence-corrected chi connectivity index (χ2v) is 8.31. The first-order valence-corrected chi connectivity index (χ1v) is 10.3. The molecule has 6 nitrogen and oxygen atoms in total. The Kier molecular flexibility index (Phi) is 4.87. The highest BCUT2D eigenvalue weighted by molar-refractivity contribution is 9.10. The number of nitrogens with one attached hydrogen (secondary N) is 1. The minimum absolute atomic E-state index is 0.101. The maximum absolute atomic E-state index is 13.3. The molecule has 0 radical (unpaired) electrons. The molecule has 146 valence electrons. The number of hydrogen-bond acceptors (Lipinski definition) is 4. The third-order valence-corrected chi connectivity index (χ3v) is 6.21. The molecular formula is C21H23BrN4O2. The summed E-state index contributed by atoms with van der Waals surface area (Å²) in [6, 6.07) is 9.94. The number of amides is 1. The predicted octanol–water partition coefficient (Wildman–Crippen LogP) is 4.75. The smallest absolute Gasteiger partial charge is 0.253 e. The van der Waals surface area contributed by atoms with Crippen molar-refractivity contribution in [3.63, 3.8) is 0 Å². The molecular weight excluding hydrogens is 420 g/mol. The van der Waals surface area contributed by atoms with Gasteiger partial charge in [-0.1, -0.05) is 30.1 Å². The molecule has 0 unspecified atom stereocenters. The molecule has 2 aromatic heterocycles. The number of hydrogen-bond donors (Lipinski definition) is 1. The first-order valence-electron chi connectivity index (χ1n) is 9.48. The van der Waals surface area contributed by atoms with Crippen LogP contribution in [0.25, 0.3) is 5.69 Å². The van der Waals surface area contributed by atoms with Crippen LogP contribution >= 0.6 is 15.9 Å². The van der Waals surface area contributed by atoms with Gasteiger partial charge in [0.1, 0.15) is 5.54 Å². The van der Waals surface area contributed by atoms with Crippen LogP contribution in [-0.2, 0) is 5.54 Å². The molecule has 7 heteroatoms. The Morgan fingerprint density at radius 3 is 2.57 bits per heavy atom. The van der Waals surface area contributed by atoms with E-state index in [4.69, 9.17) is 4.52 Å². The molecule has 1 aromatic carbocycles. The quantitative estimate of drug-likeness (QED) is 0.632. The first kappa shape index (κ1) is 18.9. The SMILES string of the molecule is Cc1nc(C2(NC(=O)c3cc(C)n(-c4ccccc4Br)c3C)CCCC2)no1. The Morgan fingerprint density at radius 2 is 1.93 bits per heavy atom. The number of benzene rings is 1. The van der Waals surface area contributed by atoms with Crippen molar-refractivity contribution in [2.45, 2.75) is 52.0 Å². The number of nitrogens with zero attached hydrogens (tertiary/aromatic N) is 3. The van der Waals surface area contributed by atoms with Crippen LogP contribution in [0.1, 0.15) is 59.1 Å². The van der Waals surface area contributed by atoms with Crippen molar-refractivity contribution < 1.29 is 9.32 Å². The lowest BCUT2D eigenvalue weighted by molar-refractivity contribution is 0.0891. The van der Waals surface area contributed by atoms with Gasteiger partial charge in [0.05, 0.1) is 11.3 Å². The van der Waals surface area contributed by atoms with Crippen LogP contribution in [0.5, 0.6) is 0 Å². The normalized spacial score (nSPS) is 15.7. The largest absolute Gasteiger partial charge is 0.340 e. The summed E-state index contributed by atoms with van der Waals surface area (Å²) >= 11 is 3.61. The fraction of sp³-hybridized carbons (Fsp3) is 0.381. The molecule has 0 saturated heterocycles. The Bertz CT molecular complexity index is 1030. The number of para-hydroxylation sites is 1. The molecule has 1 fully saturated rings. The van der Waals surface area contributed by atoms with Crippen molar-refractivity contribution in [3.8, 4) is 5.69 Å². The van der Waals surface area contributed by atoms with Crippen molar-refractivity contribution >= 4 is 21.8 Å². The highest BCUT2D eigenvalue weighted by atomic mass is 79.9. The second-order valence-electron chi connectivity index (χ2n) is 7.45. The maximum atomic E-state index is 13.3. The van der Waals surface area contributed by atoms with Crippen LogP contribution < -0.4 is 5.32 Å². The van der Waals surface area contributed by atoms with E-state index >= 15 is 0 Å². The average Bonchev–Trinajstić information content (AvgIpc) is 3.37. The van der Waals surface area contributed by atoms with Crippen LogP contribution in [0, 0.1) is 20.8 Å². The number of rotatable bonds is 4. The number of aryl methyl sites for hydroxylation is 2. The van der Waals surface area contributed by atoms with Gasteiger partial charge in [-0.2, -0.15) is 4.98 Å². The summed E-state index contributed by atoms with van der Waals surface area (Å²) in [7, 11) is 0. The molecule has 0 aliphatic heterocycles. The van der Waals surface area contributed by atoms with Gasteiger partial charge in [0.15, 0.2) is 5.82 Å². The van der Waals surface area contributed by atoms with Gasteiger partial charge < -0.3 is 14.4 Å². The molecule has 4 rings (SSSR count). The van der Waals surface area contributed by atoms with Gasteiger partial charge >= 0.3 is 0 Å². The lowest BCUT2D eigenvalue weighted by atomic mass is 9.96. The van der Waals surface area contributed by atoms with E-state index in [1.807, 2.05) is 44.2 Å². The Balaban J connectivity index is 1.69. The molecule has 3 aromatic rings. The lowest BCUT2D eigenvalue weighted by Gasteiger charge is -2.26. The summed E-state index contributed by atoms with van der Waals surface area (Å²) in [5.41, 5.74) is 3.04. The number of halogens is 1. The van der Waals surface area contributed by atoms with Crippen molar-refractivity contribution in [1.29, 1.82) is 0 Å². The van der Waals surface area contributed by atoms with Crippen LogP contribution in [0.15, 0.2) is 39.3 Å². The minimum Gasteiger partial charge on any atom is -0.340 e. The van der Waals surface area contributed by atoms with Crippen LogP contribution in [-0.4, -0.2) is 20.6 Å². The van der Waals surface area contributed by atoms with Crippen LogP contribution in [0.4, 0.5) is 0 Å².